The Labute approximate surface area is 118 Å². The fourth-order valence-corrected chi connectivity index (χ4v) is 1.76. The number of carbonyl (C=O) groups excluding carboxylic acids is 1. The molecule has 0 fully saturated rings. The molecule has 3 N–H and O–H groups in total. The minimum atomic E-state index is -0.348. The van der Waals surface area contributed by atoms with E-state index in [0.29, 0.717) is 16.9 Å². The SMILES string of the molecule is Cn1ccc(C(=O)Nc2ccc(Br)c(N)c2)cc1=O. The fraction of sp³-hybridized carbons (Fsp3) is 0.0769. The van der Waals surface area contributed by atoms with E-state index in [-0.39, 0.29) is 11.5 Å². The van der Waals surface area contributed by atoms with Crippen LogP contribution in [0.5, 0.6) is 0 Å². The number of hydrogen-bond acceptors (Lipinski definition) is 3. The monoisotopic (exact) mass is 321 g/mol. The normalized spacial score (nSPS) is 10.2. The number of benzene rings is 1. The van der Waals surface area contributed by atoms with E-state index in [2.05, 4.69) is 21.2 Å². The second kappa shape index (κ2) is 5.27. The van der Waals surface area contributed by atoms with E-state index in [4.69, 9.17) is 5.73 Å². The number of aromatic nitrogens is 1. The van der Waals surface area contributed by atoms with Gasteiger partial charge in [-0.15, -0.1) is 0 Å². The zero-order valence-electron chi connectivity index (χ0n) is 10.2. The molecule has 1 aromatic carbocycles. The summed E-state index contributed by atoms with van der Waals surface area (Å²) in [5, 5.41) is 2.69. The molecule has 2 aromatic rings. The molecule has 0 aliphatic heterocycles. The molecule has 0 aliphatic rings. The van der Waals surface area contributed by atoms with E-state index in [1.165, 1.54) is 10.6 Å². The largest absolute Gasteiger partial charge is 0.398 e. The number of nitrogens with zero attached hydrogens (tertiary/aromatic N) is 1. The van der Waals surface area contributed by atoms with E-state index < -0.39 is 0 Å². The molecule has 6 heteroatoms. The number of pyridine rings is 1. The summed E-state index contributed by atoms with van der Waals surface area (Å²) < 4.78 is 2.16. The summed E-state index contributed by atoms with van der Waals surface area (Å²) in [5.41, 5.74) is 6.91. The van der Waals surface area contributed by atoms with Gasteiger partial charge in [0.15, 0.2) is 0 Å². The van der Waals surface area contributed by atoms with Gasteiger partial charge in [0.25, 0.3) is 11.5 Å². The first-order valence-electron chi connectivity index (χ1n) is 5.50. The molecule has 1 amide bonds. The number of carbonyl (C=O) groups is 1. The molecule has 0 radical (unpaired) electrons. The molecule has 0 unspecified atom stereocenters. The van der Waals surface area contributed by atoms with Gasteiger partial charge in [0.2, 0.25) is 0 Å². The molecule has 0 aliphatic carbocycles. The first kappa shape index (κ1) is 13.4. The van der Waals surface area contributed by atoms with Crippen molar-refractivity contribution in [3.8, 4) is 0 Å². The number of halogens is 1. The number of amides is 1. The lowest BCUT2D eigenvalue weighted by Crippen LogP contribution is -2.20. The topological polar surface area (TPSA) is 77.1 Å². The van der Waals surface area contributed by atoms with Crippen LogP contribution in [-0.4, -0.2) is 10.5 Å². The Hall–Kier alpha value is -2.08. The Morgan fingerprint density at radius 3 is 2.68 bits per heavy atom. The van der Waals surface area contributed by atoms with Crippen molar-refractivity contribution in [1.82, 2.24) is 4.57 Å². The second-order valence-electron chi connectivity index (χ2n) is 4.05. The number of nitrogens with two attached hydrogens (primary N) is 1. The van der Waals surface area contributed by atoms with Crippen molar-refractivity contribution in [2.75, 3.05) is 11.1 Å². The maximum absolute atomic E-state index is 12.0. The Morgan fingerprint density at radius 2 is 2.05 bits per heavy atom. The van der Waals surface area contributed by atoms with Crippen LogP contribution in [-0.2, 0) is 7.05 Å². The van der Waals surface area contributed by atoms with Crippen molar-refractivity contribution >= 4 is 33.2 Å². The van der Waals surface area contributed by atoms with Gasteiger partial charge in [-0.1, -0.05) is 0 Å². The molecular weight excluding hydrogens is 310 g/mol. The van der Waals surface area contributed by atoms with E-state index in [0.717, 1.165) is 4.47 Å². The Bertz CT molecular complexity index is 695. The van der Waals surface area contributed by atoms with E-state index >= 15 is 0 Å². The van der Waals surface area contributed by atoms with Gasteiger partial charge in [0, 0.05) is 40.7 Å². The van der Waals surface area contributed by atoms with Crippen LogP contribution in [0.3, 0.4) is 0 Å². The van der Waals surface area contributed by atoms with Gasteiger partial charge in [-0.2, -0.15) is 0 Å². The molecule has 0 saturated heterocycles. The summed E-state index contributed by atoms with van der Waals surface area (Å²) in [6, 6.07) is 7.98. The van der Waals surface area contributed by atoms with E-state index in [1.54, 1.807) is 37.5 Å². The van der Waals surface area contributed by atoms with Gasteiger partial charge in [0.1, 0.15) is 0 Å². The Balaban J connectivity index is 2.23. The number of aryl methyl sites for hydroxylation is 1. The standard InChI is InChI=1S/C13H12BrN3O2/c1-17-5-4-8(6-12(17)18)13(19)16-9-2-3-10(14)11(15)7-9/h2-7H,15H2,1H3,(H,16,19). The van der Waals surface area contributed by atoms with Crippen LogP contribution < -0.4 is 16.6 Å². The summed E-state index contributed by atoms with van der Waals surface area (Å²) in [5.74, 6) is -0.348. The van der Waals surface area contributed by atoms with Gasteiger partial charge in [-0.3, -0.25) is 9.59 Å². The maximum Gasteiger partial charge on any atom is 0.255 e. The number of hydrogen-bond donors (Lipinski definition) is 2. The molecule has 98 valence electrons. The minimum absolute atomic E-state index is 0.233. The van der Waals surface area contributed by atoms with Crippen molar-refractivity contribution in [3.05, 3.63) is 56.9 Å². The van der Waals surface area contributed by atoms with Crippen molar-refractivity contribution in [2.24, 2.45) is 7.05 Å². The Morgan fingerprint density at radius 1 is 1.32 bits per heavy atom. The smallest absolute Gasteiger partial charge is 0.255 e. The molecule has 1 aromatic heterocycles. The summed E-state index contributed by atoms with van der Waals surface area (Å²) in [7, 11) is 1.62. The van der Waals surface area contributed by atoms with Crippen LogP contribution >= 0.6 is 15.9 Å². The summed E-state index contributed by atoms with van der Waals surface area (Å²) in [4.78, 5) is 23.4. The molecule has 0 saturated carbocycles. The molecule has 1 heterocycles. The average Bonchev–Trinajstić information content (AvgIpc) is 2.37. The number of nitrogen functional groups attached to an aromatic ring is 1. The van der Waals surface area contributed by atoms with Crippen molar-refractivity contribution < 1.29 is 4.79 Å². The Kier molecular flexibility index (Phi) is 3.71. The highest BCUT2D eigenvalue weighted by atomic mass is 79.9. The maximum atomic E-state index is 12.0. The third-order valence-corrected chi connectivity index (χ3v) is 3.34. The second-order valence-corrected chi connectivity index (χ2v) is 4.91. The van der Waals surface area contributed by atoms with Crippen molar-refractivity contribution in [2.45, 2.75) is 0 Å². The zero-order chi connectivity index (χ0) is 14.0. The summed E-state index contributed by atoms with van der Waals surface area (Å²) >= 11 is 3.28. The van der Waals surface area contributed by atoms with Crippen LogP contribution in [0.25, 0.3) is 0 Å². The van der Waals surface area contributed by atoms with Crippen LogP contribution in [0.1, 0.15) is 10.4 Å². The van der Waals surface area contributed by atoms with Crippen LogP contribution in [0.15, 0.2) is 45.8 Å². The van der Waals surface area contributed by atoms with Gasteiger partial charge in [0.05, 0.1) is 0 Å². The predicted octanol–water partition coefficient (Wildman–Crippen LogP) is 1.98. The van der Waals surface area contributed by atoms with E-state index in [1.807, 2.05) is 0 Å². The predicted molar refractivity (Wildman–Crippen MR) is 78.2 cm³/mol. The lowest BCUT2D eigenvalue weighted by atomic mass is 10.2. The summed E-state index contributed by atoms with van der Waals surface area (Å²) in [6.45, 7) is 0. The van der Waals surface area contributed by atoms with Gasteiger partial charge >= 0.3 is 0 Å². The van der Waals surface area contributed by atoms with Gasteiger partial charge < -0.3 is 15.6 Å². The lowest BCUT2D eigenvalue weighted by molar-refractivity contribution is 0.102. The molecule has 19 heavy (non-hydrogen) atoms. The highest BCUT2D eigenvalue weighted by Crippen LogP contribution is 2.23. The van der Waals surface area contributed by atoms with Crippen LogP contribution in [0, 0.1) is 0 Å². The molecule has 0 atom stereocenters. The highest BCUT2D eigenvalue weighted by molar-refractivity contribution is 9.10. The third kappa shape index (κ3) is 3.03. The molecule has 0 spiro atoms. The molecule has 2 rings (SSSR count). The highest BCUT2D eigenvalue weighted by Gasteiger charge is 2.08. The summed E-state index contributed by atoms with van der Waals surface area (Å²) in [6.07, 6.45) is 1.55. The number of anilines is 2. The van der Waals surface area contributed by atoms with Crippen LogP contribution in [0.4, 0.5) is 11.4 Å². The average molecular weight is 322 g/mol. The van der Waals surface area contributed by atoms with Crippen molar-refractivity contribution in [3.63, 3.8) is 0 Å². The van der Waals surface area contributed by atoms with Gasteiger partial charge in [-0.05, 0) is 40.2 Å². The quantitative estimate of drug-likeness (QED) is 0.830. The molecule has 0 bridgehead atoms. The third-order valence-electron chi connectivity index (χ3n) is 2.62. The zero-order valence-corrected chi connectivity index (χ0v) is 11.8. The minimum Gasteiger partial charge on any atom is -0.398 e. The van der Waals surface area contributed by atoms with E-state index in [9.17, 15) is 9.59 Å². The number of rotatable bonds is 2. The molecular formula is C13H12BrN3O2. The first-order valence-corrected chi connectivity index (χ1v) is 6.30. The van der Waals surface area contributed by atoms with Gasteiger partial charge in [-0.25, -0.2) is 0 Å². The fourth-order valence-electron chi connectivity index (χ4n) is 1.51. The first-order chi connectivity index (χ1) is 8.97. The van der Waals surface area contributed by atoms with Crippen molar-refractivity contribution in [1.29, 1.82) is 0 Å². The van der Waals surface area contributed by atoms with Crippen LogP contribution in [0.2, 0.25) is 0 Å². The lowest BCUT2D eigenvalue weighted by Gasteiger charge is -2.07. The number of nitrogens with one attached hydrogen (secondary N) is 1. The molecule has 5 nitrogen and oxygen atoms in total.